The van der Waals surface area contributed by atoms with Gasteiger partial charge in [-0.05, 0) is 49.2 Å². The number of thioether (sulfide) groups is 1. The second kappa shape index (κ2) is 7.53. The van der Waals surface area contributed by atoms with E-state index in [1.807, 2.05) is 36.4 Å². The van der Waals surface area contributed by atoms with Gasteiger partial charge in [-0.1, -0.05) is 12.1 Å². The van der Waals surface area contributed by atoms with Gasteiger partial charge in [-0.3, -0.25) is 9.59 Å². The molecule has 2 aromatic rings. The molecule has 1 saturated carbocycles. The fourth-order valence-corrected chi connectivity index (χ4v) is 3.05. The zero-order valence-electron chi connectivity index (χ0n) is 13.5. The van der Waals surface area contributed by atoms with Gasteiger partial charge in [0.05, 0.1) is 12.9 Å². The minimum Gasteiger partial charge on any atom is -0.497 e. The third-order valence-corrected chi connectivity index (χ3v) is 4.84. The van der Waals surface area contributed by atoms with Crippen molar-refractivity contribution in [1.82, 2.24) is 0 Å². The quantitative estimate of drug-likeness (QED) is 0.610. The Labute approximate surface area is 145 Å². The summed E-state index contributed by atoms with van der Waals surface area (Å²) in [7, 11) is 1.59. The normalized spacial score (nSPS) is 13.4. The summed E-state index contributed by atoms with van der Waals surface area (Å²) in [5.41, 5.74) is 1.45. The van der Waals surface area contributed by atoms with E-state index in [0.717, 1.165) is 23.4 Å². The van der Waals surface area contributed by atoms with Crippen LogP contribution in [-0.2, 0) is 4.79 Å². The fourth-order valence-electron chi connectivity index (χ4n) is 2.25. The van der Waals surface area contributed by atoms with Gasteiger partial charge < -0.3 is 10.1 Å². The summed E-state index contributed by atoms with van der Waals surface area (Å²) in [6.45, 7) is 0. The van der Waals surface area contributed by atoms with Crippen molar-refractivity contribution < 1.29 is 14.3 Å². The SMILES string of the molecule is COc1cccc(C(=O)CSc2ccc(NC(=O)C3CC3)cc2)c1. The number of hydrogen-bond acceptors (Lipinski definition) is 4. The highest BCUT2D eigenvalue weighted by Gasteiger charge is 2.29. The number of methoxy groups -OCH3 is 1. The molecule has 0 radical (unpaired) electrons. The first-order chi connectivity index (χ1) is 11.7. The van der Waals surface area contributed by atoms with Crippen molar-refractivity contribution >= 4 is 29.1 Å². The maximum atomic E-state index is 12.2. The van der Waals surface area contributed by atoms with E-state index >= 15 is 0 Å². The molecule has 0 aliphatic heterocycles. The molecule has 0 atom stereocenters. The van der Waals surface area contributed by atoms with E-state index in [1.165, 1.54) is 11.8 Å². The molecule has 1 aliphatic rings. The van der Waals surface area contributed by atoms with Crippen LogP contribution in [0.2, 0.25) is 0 Å². The summed E-state index contributed by atoms with van der Waals surface area (Å²) in [6.07, 6.45) is 1.98. The molecule has 4 nitrogen and oxygen atoms in total. The summed E-state index contributed by atoms with van der Waals surface area (Å²) in [4.78, 5) is 25.0. The Morgan fingerprint density at radius 2 is 1.92 bits per heavy atom. The zero-order valence-corrected chi connectivity index (χ0v) is 14.3. The van der Waals surface area contributed by atoms with Gasteiger partial charge in [-0.2, -0.15) is 0 Å². The highest BCUT2D eigenvalue weighted by molar-refractivity contribution is 8.00. The van der Waals surface area contributed by atoms with Crippen LogP contribution in [-0.4, -0.2) is 24.6 Å². The molecular formula is C19H19NO3S. The van der Waals surface area contributed by atoms with Crippen LogP contribution in [0, 0.1) is 5.92 Å². The van der Waals surface area contributed by atoms with Gasteiger partial charge in [-0.15, -0.1) is 11.8 Å². The van der Waals surface area contributed by atoms with Crippen LogP contribution < -0.4 is 10.1 Å². The predicted octanol–water partition coefficient (Wildman–Crippen LogP) is 4.02. The Kier molecular flexibility index (Phi) is 5.20. The minimum atomic E-state index is 0.0602. The lowest BCUT2D eigenvalue weighted by atomic mass is 10.1. The third-order valence-electron chi connectivity index (χ3n) is 3.83. The van der Waals surface area contributed by atoms with E-state index in [0.29, 0.717) is 17.1 Å². The van der Waals surface area contributed by atoms with Crippen molar-refractivity contribution in [3.63, 3.8) is 0 Å². The largest absolute Gasteiger partial charge is 0.497 e. The van der Waals surface area contributed by atoms with Crippen molar-refractivity contribution in [2.45, 2.75) is 17.7 Å². The number of carbonyl (C=O) groups excluding carboxylic acids is 2. The van der Waals surface area contributed by atoms with E-state index in [4.69, 9.17) is 4.74 Å². The number of anilines is 1. The van der Waals surface area contributed by atoms with Crippen LogP contribution in [0.1, 0.15) is 23.2 Å². The summed E-state index contributed by atoms with van der Waals surface area (Å²) in [5, 5.41) is 2.91. The summed E-state index contributed by atoms with van der Waals surface area (Å²) >= 11 is 1.48. The number of hydrogen-bond donors (Lipinski definition) is 1. The van der Waals surface area contributed by atoms with Crippen LogP contribution in [0.4, 0.5) is 5.69 Å². The molecule has 5 heteroatoms. The first-order valence-corrected chi connectivity index (χ1v) is 8.85. The van der Waals surface area contributed by atoms with Crippen molar-refractivity contribution in [3.05, 3.63) is 54.1 Å². The topological polar surface area (TPSA) is 55.4 Å². The molecule has 0 heterocycles. The molecule has 1 aliphatic carbocycles. The maximum Gasteiger partial charge on any atom is 0.227 e. The lowest BCUT2D eigenvalue weighted by molar-refractivity contribution is -0.117. The maximum absolute atomic E-state index is 12.2. The standard InChI is InChI=1S/C19H19NO3S/c1-23-16-4-2-3-14(11-16)18(21)12-24-17-9-7-15(8-10-17)20-19(22)13-5-6-13/h2-4,7-11,13H,5-6,12H2,1H3,(H,20,22). The average Bonchev–Trinajstić information content (AvgIpc) is 3.46. The van der Waals surface area contributed by atoms with Gasteiger partial charge in [0.2, 0.25) is 5.91 Å². The molecule has 124 valence electrons. The number of ketones is 1. The summed E-state index contributed by atoms with van der Waals surface area (Å²) < 4.78 is 5.14. The Bertz CT molecular complexity index is 739. The number of Topliss-reactive ketones (excluding diaryl/α,β-unsaturated/α-hetero) is 1. The molecule has 1 N–H and O–H groups in total. The molecule has 24 heavy (non-hydrogen) atoms. The molecule has 3 rings (SSSR count). The molecule has 1 fully saturated rings. The summed E-state index contributed by atoms with van der Waals surface area (Å²) in [6, 6.07) is 14.8. The molecule has 1 amide bonds. The van der Waals surface area contributed by atoms with Crippen LogP contribution in [0.3, 0.4) is 0 Å². The van der Waals surface area contributed by atoms with Crippen LogP contribution >= 0.6 is 11.8 Å². The average molecular weight is 341 g/mol. The van der Waals surface area contributed by atoms with Gasteiger partial charge in [0.1, 0.15) is 5.75 Å². The zero-order chi connectivity index (χ0) is 16.9. The summed E-state index contributed by atoms with van der Waals surface area (Å²) in [5.74, 6) is 1.40. The molecule has 0 bridgehead atoms. The molecule has 0 saturated heterocycles. The van der Waals surface area contributed by atoms with Gasteiger partial charge in [0.15, 0.2) is 5.78 Å². The molecular weight excluding hydrogens is 322 g/mol. The number of benzene rings is 2. The number of amides is 1. The fraction of sp³-hybridized carbons (Fsp3) is 0.263. The number of carbonyl (C=O) groups is 2. The van der Waals surface area contributed by atoms with Gasteiger partial charge in [0, 0.05) is 22.1 Å². The highest BCUT2D eigenvalue weighted by atomic mass is 32.2. The predicted molar refractivity (Wildman–Crippen MR) is 95.8 cm³/mol. The van der Waals surface area contributed by atoms with E-state index < -0.39 is 0 Å². The van der Waals surface area contributed by atoms with Crippen molar-refractivity contribution in [3.8, 4) is 5.75 Å². The Balaban J connectivity index is 1.53. The van der Waals surface area contributed by atoms with Crippen molar-refractivity contribution in [1.29, 1.82) is 0 Å². The number of ether oxygens (including phenoxy) is 1. The van der Waals surface area contributed by atoms with Gasteiger partial charge >= 0.3 is 0 Å². The Hall–Kier alpha value is -2.27. The van der Waals surface area contributed by atoms with E-state index in [-0.39, 0.29) is 17.6 Å². The van der Waals surface area contributed by atoms with E-state index in [2.05, 4.69) is 5.32 Å². The van der Waals surface area contributed by atoms with Crippen molar-refractivity contribution in [2.24, 2.45) is 5.92 Å². The molecule has 0 unspecified atom stereocenters. The van der Waals surface area contributed by atoms with Gasteiger partial charge in [-0.25, -0.2) is 0 Å². The second-order valence-corrected chi connectivity index (χ2v) is 6.78. The molecule has 0 aromatic heterocycles. The van der Waals surface area contributed by atoms with Crippen molar-refractivity contribution in [2.75, 3.05) is 18.2 Å². The van der Waals surface area contributed by atoms with Gasteiger partial charge in [0.25, 0.3) is 0 Å². The second-order valence-electron chi connectivity index (χ2n) is 5.73. The number of rotatable bonds is 7. The van der Waals surface area contributed by atoms with Crippen LogP contribution in [0.5, 0.6) is 5.75 Å². The first kappa shape index (κ1) is 16.6. The monoisotopic (exact) mass is 341 g/mol. The smallest absolute Gasteiger partial charge is 0.227 e. The third kappa shape index (κ3) is 4.38. The van der Waals surface area contributed by atoms with Crippen LogP contribution in [0.25, 0.3) is 0 Å². The Morgan fingerprint density at radius 1 is 1.17 bits per heavy atom. The lowest BCUT2D eigenvalue weighted by Gasteiger charge is -2.06. The Morgan fingerprint density at radius 3 is 2.58 bits per heavy atom. The number of nitrogens with one attached hydrogen (secondary N) is 1. The first-order valence-electron chi connectivity index (χ1n) is 7.86. The lowest BCUT2D eigenvalue weighted by Crippen LogP contribution is -2.12. The minimum absolute atomic E-state index is 0.0602. The van der Waals surface area contributed by atoms with E-state index in [1.54, 1.807) is 19.2 Å². The van der Waals surface area contributed by atoms with E-state index in [9.17, 15) is 9.59 Å². The molecule has 0 spiro atoms. The highest BCUT2D eigenvalue weighted by Crippen LogP contribution is 2.30. The molecule has 2 aromatic carbocycles. The van der Waals surface area contributed by atoms with Crippen LogP contribution in [0.15, 0.2) is 53.4 Å².